The van der Waals surface area contributed by atoms with E-state index in [2.05, 4.69) is 10.3 Å². The van der Waals surface area contributed by atoms with Crippen molar-refractivity contribution in [3.8, 4) is 11.5 Å². The zero-order chi connectivity index (χ0) is 27.0. The first-order valence-corrected chi connectivity index (χ1v) is 11.8. The van der Waals surface area contributed by atoms with Gasteiger partial charge in [0.25, 0.3) is 0 Å². The maximum Gasteiger partial charge on any atom is 0.323 e. The van der Waals surface area contributed by atoms with E-state index in [0.717, 1.165) is 35.6 Å². The molecule has 0 atom stereocenters. The van der Waals surface area contributed by atoms with Gasteiger partial charge < -0.3 is 15.4 Å². The van der Waals surface area contributed by atoms with Crippen molar-refractivity contribution in [3.05, 3.63) is 72.2 Å². The summed E-state index contributed by atoms with van der Waals surface area (Å²) in [5.41, 5.74) is 3.39. The third-order valence-electron chi connectivity index (χ3n) is 6.50. The van der Waals surface area contributed by atoms with Gasteiger partial charge in [0, 0.05) is 43.2 Å². The number of likely N-dealkylation sites (tertiary alicyclic amines) is 1. The van der Waals surface area contributed by atoms with E-state index >= 15 is 8.78 Å². The second kappa shape index (κ2) is 9.69. The number of hydrogen-bond acceptors (Lipinski definition) is 5. The first-order valence-electron chi connectivity index (χ1n) is 11.8. The highest BCUT2D eigenvalue weighted by Gasteiger charge is 2.57. The number of carbonyl (C=O) groups is 3. The third-order valence-corrected chi connectivity index (χ3v) is 6.50. The zero-order valence-electron chi connectivity index (χ0n) is 19.9. The van der Waals surface area contributed by atoms with E-state index < -0.39 is 46.1 Å². The van der Waals surface area contributed by atoms with Crippen LogP contribution in [0.5, 0.6) is 11.5 Å². The molecule has 2 aliphatic rings. The van der Waals surface area contributed by atoms with Crippen LogP contribution in [0.4, 0.5) is 35.2 Å². The Balaban J connectivity index is 1.44. The van der Waals surface area contributed by atoms with Crippen LogP contribution < -0.4 is 20.7 Å². The second-order valence-corrected chi connectivity index (χ2v) is 9.05. The van der Waals surface area contributed by atoms with Crippen LogP contribution in [0, 0.1) is 22.9 Å². The van der Waals surface area contributed by atoms with Gasteiger partial charge in [-0.2, -0.15) is 0 Å². The van der Waals surface area contributed by atoms with Crippen molar-refractivity contribution in [1.82, 2.24) is 9.88 Å². The van der Waals surface area contributed by atoms with E-state index in [-0.39, 0.29) is 36.1 Å². The summed E-state index contributed by atoms with van der Waals surface area (Å²) < 4.78 is 49.6. The van der Waals surface area contributed by atoms with Crippen LogP contribution >= 0.6 is 0 Å². The van der Waals surface area contributed by atoms with E-state index in [9.17, 15) is 18.8 Å². The molecule has 0 unspecified atom stereocenters. The predicted molar refractivity (Wildman–Crippen MR) is 130 cm³/mol. The summed E-state index contributed by atoms with van der Waals surface area (Å²) in [6, 6.07) is 8.41. The molecule has 1 aliphatic carbocycles. The van der Waals surface area contributed by atoms with Gasteiger partial charge in [0.05, 0.1) is 5.69 Å². The molecule has 0 bridgehead atoms. The summed E-state index contributed by atoms with van der Waals surface area (Å²) in [4.78, 5) is 43.9. The van der Waals surface area contributed by atoms with E-state index in [1.807, 2.05) is 0 Å². The lowest BCUT2D eigenvalue weighted by Gasteiger charge is -2.30. The summed E-state index contributed by atoms with van der Waals surface area (Å²) >= 11 is 0. The van der Waals surface area contributed by atoms with Gasteiger partial charge >= 0.3 is 6.03 Å². The van der Waals surface area contributed by atoms with Gasteiger partial charge in [-0.25, -0.2) is 22.9 Å². The fourth-order valence-corrected chi connectivity index (χ4v) is 4.01. The van der Waals surface area contributed by atoms with Crippen molar-refractivity contribution in [2.75, 3.05) is 23.3 Å². The Morgan fingerprint density at radius 2 is 1.71 bits per heavy atom. The number of amides is 4. The number of aromatic nitrogens is 1. The van der Waals surface area contributed by atoms with Crippen LogP contribution in [0.1, 0.15) is 19.3 Å². The van der Waals surface area contributed by atoms with E-state index in [1.165, 1.54) is 30.5 Å². The average Bonchev–Trinajstić information content (AvgIpc) is 3.65. The predicted octanol–water partition coefficient (Wildman–Crippen LogP) is 4.46. The van der Waals surface area contributed by atoms with E-state index in [1.54, 1.807) is 4.90 Å². The lowest BCUT2D eigenvalue weighted by molar-refractivity contribution is -0.133. The number of primary amides is 1. The number of pyridine rings is 1. The van der Waals surface area contributed by atoms with Crippen molar-refractivity contribution < 1.29 is 32.3 Å². The lowest BCUT2D eigenvalue weighted by Crippen LogP contribution is -2.44. The molecule has 4 amide bonds. The van der Waals surface area contributed by atoms with Crippen LogP contribution in [-0.2, 0) is 9.59 Å². The Kier molecular flexibility index (Phi) is 6.39. The molecule has 3 aromatic rings. The quantitative estimate of drug-likeness (QED) is 0.442. The van der Waals surface area contributed by atoms with E-state index in [4.69, 9.17) is 10.5 Å². The number of anilines is 3. The standard InChI is InChI=1S/C26H22F3N5O4/c27-15-2-4-16(5-3-15)34(24(36)26(7-8-26)23(30)35)20-13-19(29)21(14-18(20)28)38-17-6-9-31-22(12-17)32-25(37)33-10-1-11-33/h2-6,9,12-14H,1,7-8,10-11H2,(H2,30,35)(H,31,32,37). The fraction of sp³-hybridized carbons (Fsp3) is 0.231. The number of halogens is 3. The second-order valence-electron chi connectivity index (χ2n) is 9.05. The Hall–Kier alpha value is -4.61. The average molecular weight is 525 g/mol. The maximum atomic E-state index is 15.4. The van der Waals surface area contributed by atoms with Gasteiger partial charge in [-0.05, 0) is 49.6 Å². The van der Waals surface area contributed by atoms with Crippen LogP contribution in [0.3, 0.4) is 0 Å². The molecule has 0 spiro atoms. The number of ether oxygens (including phenoxy) is 1. The molecular weight excluding hydrogens is 503 g/mol. The molecule has 196 valence electrons. The number of nitrogens with zero attached hydrogens (tertiary/aromatic N) is 3. The smallest absolute Gasteiger partial charge is 0.323 e. The van der Waals surface area contributed by atoms with Crippen LogP contribution in [-0.4, -0.2) is 40.8 Å². The Morgan fingerprint density at radius 1 is 1.00 bits per heavy atom. The molecule has 2 aromatic carbocycles. The van der Waals surface area contributed by atoms with Crippen molar-refractivity contribution in [2.24, 2.45) is 11.1 Å². The van der Waals surface area contributed by atoms with Gasteiger partial charge in [-0.3, -0.25) is 19.8 Å². The van der Waals surface area contributed by atoms with Crippen LogP contribution in [0.2, 0.25) is 0 Å². The SMILES string of the molecule is NC(=O)C1(C(=O)N(c2ccc(F)cc2)c2cc(F)c(Oc3ccnc(NC(=O)N4CCC4)c3)cc2F)CC1. The highest BCUT2D eigenvalue weighted by Crippen LogP contribution is 2.49. The molecule has 1 saturated carbocycles. The molecule has 38 heavy (non-hydrogen) atoms. The fourth-order valence-electron chi connectivity index (χ4n) is 4.01. The monoisotopic (exact) mass is 525 g/mol. The molecule has 2 fully saturated rings. The summed E-state index contributed by atoms with van der Waals surface area (Å²) in [7, 11) is 0. The normalized spacial score (nSPS) is 15.3. The Bertz CT molecular complexity index is 1420. The molecule has 1 aliphatic heterocycles. The first kappa shape index (κ1) is 25.1. The van der Waals surface area contributed by atoms with Gasteiger partial charge in [0.1, 0.15) is 22.8 Å². The molecule has 9 nitrogen and oxygen atoms in total. The summed E-state index contributed by atoms with van der Waals surface area (Å²) in [5, 5.41) is 2.60. The maximum absolute atomic E-state index is 15.4. The molecule has 2 heterocycles. The Morgan fingerprint density at radius 3 is 2.32 bits per heavy atom. The van der Waals surface area contributed by atoms with Crippen molar-refractivity contribution in [2.45, 2.75) is 19.3 Å². The minimum Gasteiger partial charge on any atom is -0.454 e. The molecule has 12 heteroatoms. The van der Waals surface area contributed by atoms with Crippen molar-refractivity contribution >= 4 is 35.0 Å². The summed E-state index contributed by atoms with van der Waals surface area (Å²) in [6.07, 6.45) is 2.56. The van der Waals surface area contributed by atoms with Gasteiger partial charge in [-0.1, -0.05) is 0 Å². The highest BCUT2D eigenvalue weighted by atomic mass is 19.1. The lowest BCUT2D eigenvalue weighted by atomic mass is 10.0. The minimum atomic E-state index is -1.56. The first-order chi connectivity index (χ1) is 18.2. The minimum absolute atomic E-state index is 0.0209. The Labute approximate surface area is 215 Å². The zero-order valence-corrected chi connectivity index (χ0v) is 19.9. The number of rotatable bonds is 7. The molecule has 1 saturated heterocycles. The van der Waals surface area contributed by atoms with E-state index in [0.29, 0.717) is 13.1 Å². The van der Waals surface area contributed by atoms with Crippen molar-refractivity contribution in [3.63, 3.8) is 0 Å². The molecule has 3 N–H and O–H groups in total. The van der Waals surface area contributed by atoms with Gasteiger partial charge in [0.15, 0.2) is 17.4 Å². The molecule has 1 aromatic heterocycles. The van der Waals surface area contributed by atoms with Crippen molar-refractivity contribution in [1.29, 1.82) is 0 Å². The number of carbonyl (C=O) groups excluding carboxylic acids is 3. The number of benzene rings is 2. The summed E-state index contributed by atoms with van der Waals surface area (Å²) in [5.74, 6) is -4.67. The number of nitrogens with one attached hydrogen (secondary N) is 1. The molecular formula is C26H22F3N5O4. The topological polar surface area (TPSA) is 118 Å². The number of hydrogen-bond donors (Lipinski definition) is 2. The number of urea groups is 1. The van der Waals surface area contributed by atoms with Gasteiger partial charge in [0.2, 0.25) is 11.8 Å². The molecule has 5 rings (SSSR count). The highest BCUT2D eigenvalue weighted by molar-refractivity contribution is 6.16. The van der Waals surface area contributed by atoms with Crippen LogP contribution in [0.25, 0.3) is 0 Å². The van der Waals surface area contributed by atoms with Gasteiger partial charge in [-0.15, -0.1) is 0 Å². The molecule has 0 radical (unpaired) electrons. The van der Waals surface area contributed by atoms with Crippen LogP contribution in [0.15, 0.2) is 54.7 Å². The summed E-state index contributed by atoms with van der Waals surface area (Å²) in [6.45, 7) is 1.27. The largest absolute Gasteiger partial charge is 0.454 e. The third kappa shape index (κ3) is 4.72. The number of nitrogens with two attached hydrogens (primary N) is 1.